The summed E-state index contributed by atoms with van der Waals surface area (Å²) in [7, 11) is 0. The topological polar surface area (TPSA) is 95.6 Å². The number of anilines is 1. The quantitative estimate of drug-likeness (QED) is 0.295. The van der Waals surface area contributed by atoms with E-state index in [-0.39, 0.29) is 28.9 Å². The molecule has 1 N–H and O–H groups in total. The smallest absolute Gasteiger partial charge is 0.297 e. The third-order valence-corrected chi connectivity index (χ3v) is 6.63. The SMILES string of the molecule is CCOc1ccccc1NC(=O)CSc1nc2c(oc3ccccc32)c(=O)n1C[C@H]1CCCO1. The van der Waals surface area contributed by atoms with Crippen LogP contribution >= 0.6 is 11.8 Å². The summed E-state index contributed by atoms with van der Waals surface area (Å²) in [6.45, 7) is 3.45. The molecule has 1 saturated heterocycles. The zero-order valence-electron chi connectivity index (χ0n) is 18.8. The van der Waals surface area contributed by atoms with Gasteiger partial charge in [0.2, 0.25) is 11.5 Å². The van der Waals surface area contributed by atoms with Crippen molar-refractivity contribution in [3.05, 3.63) is 58.9 Å². The van der Waals surface area contributed by atoms with Crippen molar-refractivity contribution in [3.63, 3.8) is 0 Å². The molecule has 0 spiro atoms. The maximum atomic E-state index is 13.4. The molecule has 9 heteroatoms. The van der Waals surface area contributed by atoms with Crippen LogP contribution in [0.5, 0.6) is 5.75 Å². The van der Waals surface area contributed by atoms with Crippen molar-refractivity contribution in [2.24, 2.45) is 0 Å². The molecule has 1 aliphatic rings. The Kier molecular flexibility index (Phi) is 6.55. The van der Waals surface area contributed by atoms with E-state index in [2.05, 4.69) is 5.32 Å². The van der Waals surface area contributed by atoms with E-state index < -0.39 is 0 Å². The Hall–Kier alpha value is -3.30. The van der Waals surface area contributed by atoms with E-state index in [0.29, 0.717) is 47.5 Å². The molecule has 0 aliphatic carbocycles. The van der Waals surface area contributed by atoms with Crippen molar-refractivity contribution >= 4 is 45.4 Å². The fraction of sp³-hybridized carbons (Fsp3) is 0.320. The van der Waals surface area contributed by atoms with Gasteiger partial charge in [0.05, 0.1) is 30.7 Å². The number of aromatic nitrogens is 2. The van der Waals surface area contributed by atoms with E-state index in [1.807, 2.05) is 49.4 Å². The molecule has 5 rings (SSSR count). The highest BCUT2D eigenvalue weighted by atomic mass is 32.2. The molecule has 2 aromatic heterocycles. The van der Waals surface area contributed by atoms with Crippen LogP contribution in [0.25, 0.3) is 22.1 Å². The number of thioether (sulfide) groups is 1. The molecule has 0 unspecified atom stereocenters. The summed E-state index contributed by atoms with van der Waals surface area (Å²) in [6, 6.07) is 14.7. The molecule has 0 saturated carbocycles. The first-order valence-corrected chi connectivity index (χ1v) is 12.3. The van der Waals surface area contributed by atoms with Gasteiger partial charge in [-0.2, -0.15) is 0 Å². The lowest BCUT2D eigenvalue weighted by Gasteiger charge is -2.15. The van der Waals surface area contributed by atoms with Gasteiger partial charge in [0.1, 0.15) is 16.8 Å². The summed E-state index contributed by atoms with van der Waals surface area (Å²) in [6.07, 6.45) is 1.78. The lowest BCUT2D eigenvalue weighted by molar-refractivity contribution is -0.113. The summed E-state index contributed by atoms with van der Waals surface area (Å²) < 4.78 is 18.8. The molecule has 1 amide bonds. The number of fused-ring (bicyclic) bond motifs is 3. The van der Waals surface area contributed by atoms with Gasteiger partial charge < -0.3 is 19.2 Å². The second-order valence-corrected chi connectivity index (χ2v) is 8.93. The summed E-state index contributed by atoms with van der Waals surface area (Å²) in [5.41, 5.74) is 1.68. The highest BCUT2D eigenvalue weighted by Gasteiger charge is 2.23. The van der Waals surface area contributed by atoms with Crippen LogP contribution < -0.4 is 15.6 Å². The molecule has 0 radical (unpaired) electrons. The van der Waals surface area contributed by atoms with E-state index in [9.17, 15) is 9.59 Å². The van der Waals surface area contributed by atoms with Crippen LogP contribution in [-0.2, 0) is 16.1 Å². The van der Waals surface area contributed by atoms with Gasteiger partial charge in [0, 0.05) is 12.0 Å². The highest BCUT2D eigenvalue weighted by Crippen LogP contribution is 2.29. The number of amides is 1. The van der Waals surface area contributed by atoms with Crippen molar-refractivity contribution < 1.29 is 18.7 Å². The fourth-order valence-corrected chi connectivity index (χ4v) is 4.89. The van der Waals surface area contributed by atoms with E-state index in [1.165, 1.54) is 11.8 Å². The lowest BCUT2D eigenvalue weighted by atomic mass is 10.2. The van der Waals surface area contributed by atoms with Gasteiger partial charge in [-0.25, -0.2) is 4.98 Å². The molecule has 176 valence electrons. The zero-order chi connectivity index (χ0) is 23.5. The molecule has 4 aromatic rings. The first kappa shape index (κ1) is 22.5. The van der Waals surface area contributed by atoms with Gasteiger partial charge in [-0.05, 0) is 44.0 Å². The standard InChI is InChI=1S/C25H25N3O5S/c1-2-31-20-12-6-4-10-18(20)26-21(29)15-34-25-27-22-17-9-3-5-11-19(17)33-23(22)24(30)28(25)14-16-8-7-13-32-16/h3-6,9-12,16H,2,7-8,13-15H2,1H3,(H,26,29)/t16-/m1/s1. The van der Waals surface area contributed by atoms with Crippen molar-refractivity contribution in [2.45, 2.75) is 37.6 Å². The van der Waals surface area contributed by atoms with Crippen LogP contribution in [0.3, 0.4) is 0 Å². The van der Waals surface area contributed by atoms with Crippen molar-refractivity contribution in [2.75, 3.05) is 24.3 Å². The van der Waals surface area contributed by atoms with Gasteiger partial charge >= 0.3 is 0 Å². The Morgan fingerprint density at radius 2 is 2.06 bits per heavy atom. The monoisotopic (exact) mass is 479 g/mol. The maximum absolute atomic E-state index is 13.4. The predicted molar refractivity (Wildman–Crippen MR) is 132 cm³/mol. The third kappa shape index (κ3) is 4.53. The molecule has 34 heavy (non-hydrogen) atoms. The summed E-state index contributed by atoms with van der Waals surface area (Å²) >= 11 is 1.22. The second kappa shape index (κ2) is 9.90. The molecule has 0 bridgehead atoms. The van der Waals surface area contributed by atoms with Crippen LogP contribution in [0.15, 0.2) is 62.9 Å². The number of carbonyl (C=O) groups excluding carboxylic acids is 1. The van der Waals surface area contributed by atoms with E-state index >= 15 is 0 Å². The number of carbonyl (C=O) groups is 1. The minimum Gasteiger partial charge on any atom is -0.492 e. The van der Waals surface area contributed by atoms with Crippen LogP contribution in [0.4, 0.5) is 5.69 Å². The fourth-order valence-electron chi connectivity index (χ4n) is 4.08. The number of hydrogen-bond acceptors (Lipinski definition) is 7. The molecule has 2 aromatic carbocycles. The molecular formula is C25H25N3O5S. The minimum atomic E-state index is -0.263. The first-order chi connectivity index (χ1) is 16.6. The Morgan fingerprint density at radius 1 is 1.24 bits per heavy atom. The zero-order valence-corrected chi connectivity index (χ0v) is 19.6. The largest absolute Gasteiger partial charge is 0.492 e. The normalized spacial score (nSPS) is 15.7. The van der Waals surface area contributed by atoms with Gasteiger partial charge in [0.15, 0.2) is 5.16 Å². The molecule has 1 atom stereocenters. The highest BCUT2D eigenvalue weighted by molar-refractivity contribution is 7.99. The predicted octanol–water partition coefficient (Wildman–Crippen LogP) is 4.45. The average molecular weight is 480 g/mol. The van der Waals surface area contributed by atoms with Gasteiger partial charge in [-0.15, -0.1) is 0 Å². The Bertz CT molecular complexity index is 1390. The van der Waals surface area contributed by atoms with Crippen LogP contribution in [0.1, 0.15) is 19.8 Å². The van der Waals surface area contributed by atoms with Crippen LogP contribution in [-0.4, -0.2) is 40.5 Å². The van der Waals surface area contributed by atoms with Crippen molar-refractivity contribution in [3.8, 4) is 5.75 Å². The van der Waals surface area contributed by atoms with Crippen molar-refractivity contribution in [1.82, 2.24) is 9.55 Å². The van der Waals surface area contributed by atoms with Crippen molar-refractivity contribution in [1.29, 1.82) is 0 Å². The summed E-state index contributed by atoms with van der Waals surface area (Å²) in [5, 5.41) is 4.13. The first-order valence-electron chi connectivity index (χ1n) is 11.3. The molecule has 1 fully saturated rings. The number of benzene rings is 2. The van der Waals surface area contributed by atoms with Gasteiger partial charge in [0.25, 0.3) is 5.56 Å². The number of nitrogens with one attached hydrogen (secondary N) is 1. The second-order valence-electron chi connectivity index (χ2n) is 7.99. The van der Waals surface area contributed by atoms with Gasteiger partial charge in [-0.3, -0.25) is 14.2 Å². The average Bonchev–Trinajstić information content (AvgIpc) is 3.49. The number of nitrogens with zero attached hydrogens (tertiary/aromatic N) is 2. The Morgan fingerprint density at radius 3 is 2.88 bits per heavy atom. The minimum absolute atomic E-state index is 0.0624. The molecular weight excluding hydrogens is 454 g/mol. The number of para-hydroxylation sites is 3. The number of rotatable bonds is 8. The van der Waals surface area contributed by atoms with E-state index in [1.54, 1.807) is 10.6 Å². The molecule has 3 heterocycles. The lowest BCUT2D eigenvalue weighted by Crippen LogP contribution is -2.29. The Balaban J connectivity index is 1.44. The number of furan rings is 1. The third-order valence-electron chi connectivity index (χ3n) is 5.65. The van der Waals surface area contributed by atoms with Gasteiger partial charge in [-0.1, -0.05) is 36.0 Å². The summed E-state index contributed by atoms with van der Waals surface area (Å²) in [4.78, 5) is 30.9. The number of hydrogen-bond donors (Lipinski definition) is 1. The maximum Gasteiger partial charge on any atom is 0.297 e. The molecule has 8 nitrogen and oxygen atoms in total. The molecule has 1 aliphatic heterocycles. The van der Waals surface area contributed by atoms with Crippen LogP contribution in [0.2, 0.25) is 0 Å². The summed E-state index contributed by atoms with van der Waals surface area (Å²) in [5.74, 6) is 0.481. The van der Waals surface area contributed by atoms with E-state index in [4.69, 9.17) is 18.9 Å². The van der Waals surface area contributed by atoms with Crippen LogP contribution in [0, 0.1) is 0 Å². The number of ether oxygens (including phenoxy) is 2. The van der Waals surface area contributed by atoms with E-state index in [0.717, 1.165) is 18.2 Å². The Labute approximate surface area is 200 Å².